The van der Waals surface area contributed by atoms with E-state index in [1.807, 2.05) is 24.3 Å². The van der Waals surface area contributed by atoms with Crippen molar-refractivity contribution in [3.05, 3.63) is 24.3 Å². The smallest absolute Gasteiger partial charge is 0.161 e. The third-order valence-electron chi connectivity index (χ3n) is 2.94. The second-order valence-corrected chi connectivity index (χ2v) is 4.59. The Morgan fingerprint density at radius 3 is 1.13 bits per heavy atom. The molecule has 0 saturated carbocycles. The zero-order valence-corrected chi connectivity index (χ0v) is 12.8. The molecule has 1 aliphatic heterocycles. The first-order valence-corrected chi connectivity index (χ1v) is 7.62. The van der Waals surface area contributed by atoms with E-state index in [2.05, 4.69) is 0 Å². The fourth-order valence-electron chi connectivity index (χ4n) is 1.87. The van der Waals surface area contributed by atoms with Gasteiger partial charge in [0.15, 0.2) is 11.5 Å². The average Bonchev–Trinajstić information content (AvgIpc) is 2.55. The van der Waals surface area contributed by atoms with Crippen LogP contribution in [0.4, 0.5) is 0 Å². The molecule has 0 aromatic heterocycles. The Kier molecular flexibility index (Phi) is 13.6. The van der Waals surface area contributed by atoms with Gasteiger partial charge in [0.2, 0.25) is 0 Å². The maximum absolute atomic E-state index is 5.68. The summed E-state index contributed by atoms with van der Waals surface area (Å²) in [4.78, 5) is 0. The van der Waals surface area contributed by atoms with E-state index >= 15 is 0 Å². The number of benzene rings is 1. The molecule has 0 spiro atoms. The van der Waals surface area contributed by atoms with Crippen LogP contribution >= 0.6 is 0 Å². The van der Waals surface area contributed by atoms with Crippen molar-refractivity contribution in [2.75, 3.05) is 66.1 Å². The summed E-state index contributed by atoms with van der Waals surface area (Å²) in [6.45, 7) is 5.30. The summed E-state index contributed by atoms with van der Waals surface area (Å²) in [6, 6.07) is 7.59. The van der Waals surface area contributed by atoms with E-state index in [1.165, 1.54) is 0 Å². The van der Waals surface area contributed by atoms with Crippen LogP contribution in [0.15, 0.2) is 24.3 Å². The SMILES string of the molecule is [KH].c1ccc2c(c1)OCCOCCOCCOCCOCCO2. The van der Waals surface area contributed by atoms with Crippen molar-refractivity contribution in [1.29, 1.82) is 0 Å². The van der Waals surface area contributed by atoms with Crippen LogP contribution in [0.1, 0.15) is 0 Å². The average molecular weight is 352 g/mol. The van der Waals surface area contributed by atoms with Gasteiger partial charge in [-0.25, -0.2) is 0 Å². The fraction of sp³-hybridized carbons (Fsp3) is 0.625. The Morgan fingerprint density at radius 2 is 0.783 bits per heavy atom. The van der Waals surface area contributed by atoms with Crippen molar-refractivity contribution in [2.45, 2.75) is 0 Å². The van der Waals surface area contributed by atoms with E-state index in [1.54, 1.807) is 0 Å². The molecule has 1 aliphatic rings. The van der Waals surface area contributed by atoms with Crippen LogP contribution in [0.2, 0.25) is 0 Å². The van der Waals surface area contributed by atoms with Crippen LogP contribution in [0.3, 0.4) is 0 Å². The second-order valence-electron chi connectivity index (χ2n) is 4.59. The van der Waals surface area contributed by atoms with Gasteiger partial charge in [-0.3, -0.25) is 0 Å². The molecule has 6 nitrogen and oxygen atoms in total. The molecule has 0 unspecified atom stereocenters. The molecule has 0 saturated heterocycles. The number of hydrogen-bond donors (Lipinski definition) is 0. The molecular weight excluding hydrogens is 327 g/mol. The molecule has 1 aromatic carbocycles. The predicted molar refractivity (Wildman–Crippen MR) is 87.9 cm³/mol. The number of ether oxygens (including phenoxy) is 6. The molecule has 23 heavy (non-hydrogen) atoms. The monoisotopic (exact) mass is 352 g/mol. The van der Waals surface area contributed by atoms with E-state index in [0.717, 1.165) is 0 Å². The number of para-hydroxylation sites is 2. The van der Waals surface area contributed by atoms with E-state index in [4.69, 9.17) is 28.4 Å². The van der Waals surface area contributed by atoms with Gasteiger partial charge in [0, 0.05) is 0 Å². The van der Waals surface area contributed by atoms with Crippen LogP contribution in [-0.4, -0.2) is 117 Å². The first-order chi connectivity index (χ1) is 11.0. The molecule has 7 heteroatoms. The van der Waals surface area contributed by atoms with Crippen molar-refractivity contribution in [3.8, 4) is 11.5 Å². The zero-order valence-electron chi connectivity index (χ0n) is 12.8. The molecular formula is C16H25KO6. The summed E-state index contributed by atoms with van der Waals surface area (Å²) in [5.74, 6) is 1.43. The largest absolute Gasteiger partial charge is 0.487 e. The van der Waals surface area contributed by atoms with Crippen molar-refractivity contribution < 1.29 is 28.4 Å². The van der Waals surface area contributed by atoms with Crippen molar-refractivity contribution in [2.24, 2.45) is 0 Å². The summed E-state index contributed by atoms with van der Waals surface area (Å²) < 4.78 is 33.0. The molecule has 126 valence electrons. The zero-order chi connectivity index (χ0) is 15.3. The quantitative estimate of drug-likeness (QED) is 0.646. The Labute approximate surface area is 180 Å². The summed E-state index contributed by atoms with van der Waals surface area (Å²) in [7, 11) is 0. The van der Waals surface area contributed by atoms with E-state index in [9.17, 15) is 0 Å². The molecule has 1 aromatic rings. The summed E-state index contributed by atoms with van der Waals surface area (Å²) >= 11 is 0. The minimum absolute atomic E-state index is 0. The maximum atomic E-state index is 5.68. The molecule has 0 bridgehead atoms. The Morgan fingerprint density at radius 1 is 0.478 bits per heavy atom. The Balaban J connectivity index is 0.00000264. The third-order valence-corrected chi connectivity index (χ3v) is 2.94. The molecule has 0 amide bonds. The van der Waals surface area contributed by atoms with Crippen LogP contribution < -0.4 is 9.47 Å². The molecule has 0 aliphatic carbocycles. The normalized spacial score (nSPS) is 19.0. The van der Waals surface area contributed by atoms with E-state index in [0.29, 0.717) is 77.6 Å². The number of hydrogen-bond acceptors (Lipinski definition) is 6. The summed E-state index contributed by atoms with van der Waals surface area (Å²) in [6.07, 6.45) is 0. The fourth-order valence-corrected chi connectivity index (χ4v) is 1.87. The molecule has 2 rings (SSSR count). The molecule has 0 fully saturated rings. The van der Waals surface area contributed by atoms with Gasteiger partial charge in [-0.2, -0.15) is 0 Å². The van der Waals surface area contributed by atoms with E-state index < -0.39 is 0 Å². The van der Waals surface area contributed by atoms with Gasteiger partial charge in [0.05, 0.1) is 52.9 Å². The standard InChI is InChI=1S/C16H24O6.K.H/c1-2-4-16-15(3-1)21-13-11-19-9-7-17-5-6-18-8-10-20-12-14-22-16;;/h1-4H,5-14H2;;. The van der Waals surface area contributed by atoms with Gasteiger partial charge in [-0.15, -0.1) is 0 Å². The Bertz CT molecular complexity index is 367. The third kappa shape index (κ3) is 10.0. The van der Waals surface area contributed by atoms with Gasteiger partial charge >= 0.3 is 51.4 Å². The number of fused-ring (bicyclic) bond motifs is 1. The maximum Gasteiger partial charge on any atom is 0.161 e. The van der Waals surface area contributed by atoms with Crippen LogP contribution in [-0.2, 0) is 18.9 Å². The molecule has 1 heterocycles. The van der Waals surface area contributed by atoms with Gasteiger partial charge in [-0.05, 0) is 12.1 Å². The van der Waals surface area contributed by atoms with Crippen LogP contribution in [0.25, 0.3) is 0 Å². The first-order valence-electron chi connectivity index (χ1n) is 7.62. The number of rotatable bonds is 0. The van der Waals surface area contributed by atoms with Crippen molar-refractivity contribution in [3.63, 3.8) is 0 Å². The van der Waals surface area contributed by atoms with Crippen LogP contribution in [0.5, 0.6) is 11.5 Å². The molecule has 0 N–H and O–H groups in total. The van der Waals surface area contributed by atoms with Gasteiger partial charge in [0.1, 0.15) is 13.2 Å². The second kappa shape index (κ2) is 14.6. The van der Waals surface area contributed by atoms with Gasteiger partial charge in [-0.1, -0.05) is 12.1 Å². The van der Waals surface area contributed by atoms with Crippen molar-refractivity contribution >= 4 is 51.4 Å². The summed E-state index contributed by atoms with van der Waals surface area (Å²) in [5.41, 5.74) is 0. The van der Waals surface area contributed by atoms with Gasteiger partial charge < -0.3 is 28.4 Å². The van der Waals surface area contributed by atoms with Crippen LogP contribution in [0, 0.1) is 0 Å². The Hall–Kier alpha value is 0.296. The molecule has 0 radical (unpaired) electrons. The minimum Gasteiger partial charge on any atom is -0.487 e. The van der Waals surface area contributed by atoms with Crippen molar-refractivity contribution in [1.82, 2.24) is 0 Å². The topological polar surface area (TPSA) is 55.4 Å². The van der Waals surface area contributed by atoms with E-state index in [-0.39, 0.29) is 51.4 Å². The van der Waals surface area contributed by atoms with Gasteiger partial charge in [0.25, 0.3) is 0 Å². The molecule has 0 atom stereocenters. The predicted octanol–water partition coefficient (Wildman–Crippen LogP) is 0.876. The minimum atomic E-state index is 0. The first kappa shape index (κ1) is 21.3. The summed E-state index contributed by atoms with van der Waals surface area (Å²) in [5, 5.41) is 0.